The number of fused-ring (bicyclic) bond motifs is 3. The number of likely N-dealkylation sites (tertiary alicyclic amines) is 2. The first-order valence-electron chi connectivity index (χ1n) is 22.0. The number of piperidine rings is 2. The van der Waals surface area contributed by atoms with Gasteiger partial charge < -0.3 is 45.0 Å². The van der Waals surface area contributed by atoms with Crippen LogP contribution in [-0.4, -0.2) is 103 Å². The number of imidazole rings is 2. The number of alkyl carbamates (subject to hydrolysis) is 1. The Morgan fingerprint density at radius 1 is 0.794 bits per heavy atom. The van der Waals surface area contributed by atoms with Crippen molar-refractivity contribution in [2.75, 3.05) is 20.3 Å². The molecule has 10 rings (SSSR count). The smallest absolute Gasteiger partial charge is 0.407 e. The molecule has 0 bridgehead atoms. The van der Waals surface area contributed by atoms with E-state index in [4.69, 9.17) is 31.0 Å². The van der Waals surface area contributed by atoms with Crippen LogP contribution in [0.25, 0.3) is 44.4 Å². The first kappa shape index (κ1) is 41.1. The lowest BCUT2D eigenvalue weighted by atomic mass is 9.90. The monoisotopic (exact) mass is 874 g/mol. The number of nitrogens with one attached hydrogen (secondary N) is 4. The Balaban J connectivity index is 0.836. The summed E-state index contributed by atoms with van der Waals surface area (Å²) in [6.45, 7) is 4.79. The van der Waals surface area contributed by atoms with Crippen molar-refractivity contribution in [3.8, 4) is 33.6 Å². The minimum atomic E-state index is -1.20. The van der Waals surface area contributed by atoms with Crippen LogP contribution in [0.4, 0.5) is 9.59 Å². The van der Waals surface area contributed by atoms with E-state index in [2.05, 4.69) is 75.2 Å². The third kappa shape index (κ3) is 7.79. The van der Waals surface area contributed by atoms with Crippen LogP contribution < -0.4 is 10.6 Å². The molecule has 5 N–H and O–H groups in total. The molecule has 3 aromatic carbocycles. The van der Waals surface area contributed by atoms with E-state index in [1.807, 2.05) is 29.7 Å². The highest BCUT2D eigenvalue weighted by atomic mass is 35.5. The molecule has 5 fully saturated rings. The van der Waals surface area contributed by atoms with Gasteiger partial charge in [0.15, 0.2) is 0 Å². The minimum Gasteiger partial charge on any atom is -0.465 e. The maximum absolute atomic E-state index is 14.3. The Morgan fingerprint density at radius 2 is 1.40 bits per heavy atom. The van der Waals surface area contributed by atoms with Gasteiger partial charge in [0.05, 0.1) is 31.1 Å². The number of nitrogens with zero attached hydrogens (tertiary/aromatic N) is 4. The van der Waals surface area contributed by atoms with Crippen LogP contribution in [0.5, 0.6) is 0 Å². The van der Waals surface area contributed by atoms with Gasteiger partial charge in [0.25, 0.3) is 0 Å². The maximum Gasteiger partial charge on any atom is 0.407 e. The summed E-state index contributed by atoms with van der Waals surface area (Å²) in [6, 6.07) is 19.0. The molecule has 16 heteroatoms. The van der Waals surface area contributed by atoms with Crippen LogP contribution in [0.2, 0.25) is 5.15 Å². The minimum absolute atomic E-state index is 0.0520. The average molecular weight is 875 g/mol. The number of ether oxygens (including phenoxy) is 2. The largest absolute Gasteiger partial charge is 0.465 e. The number of hydrogen-bond donors (Lipinski definition) is 5. The SMILES string of the molecule is COC(=O)N[C@H](C(=O)N1[C@@H]2C[C@H]2C[C@H]1c1nc(-c2ccc3cc(-c4ccc(-c5cnc([C@@H]6C[C@H]7C[C@H]7N6C(=O)[C@@H](NC(=O)O)C(C)C)[nH]5)cc4)ccc3c2)c(Cl)[nH]1)C1CCOCC1. The Morgan fingerprint density at radius 3 is 2.05 bits per heavy atom. The Labute approximate surface area is 369 Å². The summed E-state index contributed by atoms with van der Waals surface area (Å²) in [5.41, 5.74) is 5.41. The van der Waals surface area contributed by atoms with Crippen molar-refractivity contribution in [1.82, 2.24) is 40.4 Å². The number of hydrogen-bond acceptors (Lipinski definition) is 8. The lowest BCUT2D eigenvalue weighted by Gasteiger charge is -2.35. The molecule has 0 radical (unpaired) electrons. The van der Waals surface area contributed by atoms with Crippen molar-refractivity contribution in [1.29, 1.82) is 0 Å². The van der Waals surface area contributed by atoms with E-state index in [0.29, 0.717) is 60.4 Å². The summed E-state index contributed by atoms with van der Waals surface area (Å²) in [4.78, 5) is 72.1. The van der Waals surface area contributed by atoms with Gasteiger partial charge in [-0.3, -0.25) is 9.59 Å². The quantitative estimate of drug-likeness (QED) is 0.0884. The van der Waals surface area contributed by atoms with Crippen LogP contribution in [-0.2, 0) is 19.1 Å². The predicted molar refractivity (Wildman–Crippen MR) is 234 cm³/mol. The number of carbonyl (C=O) groups excluding carboxylic acids is 3. The fraction of sp³-hybridized carbons (Fsp3) is 0.447. The molecule has 5 heterocycles. The first-order valence-corrected chi connectivity index (χ1v) is 22.3. The molecule has 63 heavy (non-hydrogen) atoms. The summed E-state index contributed by atoms with van der Waals surface area (Å²) in [7, 11) is 1.31. The molecule has 2 aromatic heterocycles. The highest BCUT2D eigenvalue weighted by Crippen LogP contribution is 2.55. The van der Waals surface area contributed by atoms with Crippen molar-refractivity contribution < 1.29 is 33.8 Å². The number of amides is 4. The van der Waals surface area contributed by atoms with Crippen LogP contribution >= 0.6 is 11.6 Å². The molecular weight excluding hydrogens is 824 g/mol. The summed E-state index contributed by atoms with van der Waals surface area (Å²) in [6.07, 6.45) is 4.79. The molecule has 328 valence electrons. The lowest BCUT2D eigenvalue weighted by molar-refractivity contribution is -0.138. The molecule has 3 saturated heterocycles. The van der Waals surface area contributed by atoms with Crippen molar-refractivity contribution >= 4 is 46.4 Å². The van der Waals surface area contributed by atoms with Gasteiger partial charge >= 0.3 is 12.2 Å². The number of carbonyl (C=O) groups is 4. The molecule has 3 aliphatic heterocycles. The second kappa shape index (κ2) is 16.3. The molecular formula is C47H51ClN8O7. The van der Waals surface area contributed by atoms with E-state index in [-0.39, 0.29) is 47.8 Å². The third-order valence-corrected chi connectivity index (χ3v) is 14.2. The average Bonchev–Trinajstić information content (AvgIpc) is 3.93. The number of halogens is 1. The third-order valence-electron chi connectivity index (χ3n) is 13.9. The number of methoxy groups -OCH3 is 1. The first-order chi connectivity index (χ1) is 30.4. The van der Waals surface area contributed by atoms with Gasteiger partial charge in [-0.15, -0.1) is 0 Å². The Bertz CT molecular complexity index is 2590. The fourth-order valence-corrected chi connectivity index (χ4v) is 10.7. The van der Waals surface area contributed by atoms with Gasteiger partial charge in [-0.25, -0.2) is 19.6 Å². The van der Waals surface area contributed by atoms with Crippen LogP contribution in [0, 0.1) is 23.7 Å². The number of H-pyrrole nitrogens is 2. The maximum atomic E-state index is 14.3. The number of aromatic nitrogens is 4. The molecule has 5 aromatic rings. The van der Waals surface area contributed by atoms with Gasteiger partial charge in [-0.2, -0.15) is 0 Å². The molecule has 8 atom stereocenters. The van der Waals surface area contributed by atoms with Crippen LogP contribution in [0.3, 0.4) is 0 Å². The number of carboxylic acid groups (broad SMARTS) is 1. The number of rotatable bonds is 11. The molecule has 5 aliphatic rings. The number of aromatic amines is 2. The van der Waals surface area contributed by atoms with E-state index in [0.717, 1.165) is 64.4 Å². The topological polar surface area (TPSA) is 195 Å². The normalized spacial score (nSPS) is 24.8. The molecule has 0 spiro atoms. The predicted octanol–water partition coefficient (Wildman–Crippen LogP) is 7.71. The summed E-state index contributed by atoms with van der Waals surface area (Å²) in [5.74, 6) is 1.60. The van der Waals surface area contributed by atoms with Crippen LogP contribution in [0.15, 0.2) is 66.9 Å². The van der Waals surface area contributed by atoms with E-state index in [1.165, 1.54) is 7.11 Å². The van der Waals surface area contributed by atoms with Crippen molar-refractivity contribution in [3.05, 3.63) is 83.7 Å². The van der Waals surface area contributed by atoms with Gasteiger partial charge in [-0.1, -0.05) is 74.0 Å². The fourth-order valence-electron chi connectivity index (χ4n) is 10.4. The number of benzene rings is 3. The summed E-state index contributed by atoms with van der Waals surface area (Å²) >= 11 is 6.86. The van der Waals surface area contributed by atoms with Gasteiger partial charge in [-0.05, 0) is 102 Å². The zero-order valence-electron chi connectivity index (χ0n) is 35.3. The zero-order chi connectivity index (χ0) is 43.7. The Kier molecular flexibility index (Phi) is 10.6. The van der Waals surface area contributed by atoms with E-state index >= 15 is 0 Å². The van der Waals surface area contributed by atoms with Gasteiger partial charge in [0.1, 0.15) is 34.6 Å². The highest BCUT2D eigenvalue weighted by Gasteiger charge is 2.58. The van der Waals surface area contributed by atoms with E-state index in [9.17, 15) is 24.3 Å². The Hall–Kier alpha value is -5.93. The zero-order valence-corrected chi connectivity index (χ0v) is 36.1. The van der Waals surface area contributed by atoms with Gasteiger partial charge in [0.2, 0.25) is 11.8 Å². The van der Waals surface area contributed by atoms with Gasteiger partial charge in [0, 0.05) is 30.9 Å². The molecule has 4 amide bonds. The van der Waals surface area contributed by atoms with Crippen molar-refractivity contribution in [2.24, 2.45) is 23.7 Å². The molecule has 15 nitrogen and oxygen atoms in total. The second-order valence-corrected chi connectivity index (χ2v) is 18.6. The second-order valence-electron chi connectivity index (χ2n) is 18.2. The molecule has 0 unspecified atom stereocenters. The van der Waals surface area contributed by atoms with E-state index in [1.54, 1.807) is 6.20 Å². The van der Waals surface area contributed by atoms with E-state index < -0.39 is 24.3 Å². The molecule has 2 aliphatic carbocycles. The van der Waals surface area contributed by atoms with Crippen molar-refractivity contribution in [2.45, 2.75) is 88.6 Å². The standard InChI is InChI=1S/C47H51ClN8O7/c1-23(2)38(52-46(59)60)44(57)55-34-18-31(34)20-36(55)42-49-22-33(50-42)25-6-4-24(5-7-25)27-8-9-29-17-30(11-10-28(29)16-27)39-41(48)54-43(51-39)37-21-32-19-35(32)56(37)45(58)40(53-47(61)62-3)26-12-14-63-15-13-26/h4-11,16-17,22-23,26,31-32,34-38,40,52H,12-15,18-21H2,1-3H3,(H,49,50)(H,51,54)(H,53,61)(H,59,60)/t31-,32+,34-,35-,36+,37+,38+,40+/m1/s1. The van der Waals surface area contributed by atoms with Crippen LogP contribution in [0.1, 0.15) is 76.1 Å². The molecule has 2 saturated carbocycles. The lowest BCUT2D eigenvalue weighted by Crippen LogP contribution is -2.54. The summed E-state index contributed by atoms with van der Waals surface area (Å²) in [5, 5.41) is 17.2. The highest BCUT2D eigenvalue weighted by molar-refractivity contribution is 6.32. The summed E-state index contributed by atoms with van der Waals surface area (Å²) < 4.78 is 10.5. The van der Waals surface area contributed by atoms with Crippen molar-refractivity contribution in [3.63, 3.8) is 0 Å².